The summed E-state index contributed by atoms with van der Waals surface area (Å²) in [5.41, 5.74) is 0. The molecule has 1 heterocycles. The van der Waals surface area contributed by atoms with Crippen LogP contribution >= 0.6 is 0 Å². The second-order valence-corrected chi connectivity index (χ2v) is 4.31. The summed E-state index contributed by atoms with van der Waals surface area (Å²) < 4.78 is 9.88. The Balaban J connectivity index is 0.000000796. The van der Waals surface area contributed by atoms with Crippen LogP contribution in [0.1, 0.15) is 27.2 Å². The van der Waals surface area contributed by atoms with Crippen molar-refractivity contribution in [3.63, 3.8) is 0 Å². The molecule has 0 aromatic heterocycles. The van der Waals surface area contributed by atoms with Crippen LogP contribution in [-0.2, 0) is 23.9 Å². The fourth-order valence-electron chi connectivity index (χ4n) is 1.82. The van der Waals surface area contributed by atoms with Crippen LogP contribution in [-0.4, -0.2) is 49.3 Å². The number of carboxylic acids is 1. The first-order valence-corrected chi connectivity index (χ1v) is 6.65. The molecular formula is C13H23NO6. The Labute approximate surface area is 118 Å². The van der Waals surface area contributed by atoms with Crippen molar-refractivity contribution >= 4 is 17.9 Å². The van der Waals surface area contributed by atoms with Gasteiger partial charge in [-0.3, -0.25) is 14.4 Å². The van der Waals surface area contributed by atoms with Crippen LogP contribution < -0.4 is 5.32 Å². The van der Waals surface area contributed by atoms with Crippen LogP contribution in [0.5, 0.6) is 0 Å². The van der Waals surface area contributed by atoms with Crippen molar-refractivity contribution < 1.29 is 29.0 Å². The van der Waals surface area contributed by atoms with Crippen LogP contribution in [0.25, 0.3) is 0 Å². The monoisotopic (exact) mass is 289 g/mol. The summed E-state index contributed by atoms with van der Waals surface area (Å²) in [7, 11) is 0. The number of rotatable bonds is 4. The van der Waals surface area contributed by atoms with E-state index in [2.05, 4.69) is 5.32 Å². The van der Waals surface area contributed by atoms with Crippen molar-refractivity contribution in [2.75, 3.05) is 26.3 Å². The maximum Gasteiger partial charge on any atom is 0.310 e. The van der Waals surface area contributed by atoms with Crippen LogP contribution in [0.4, 0.5) is 0 Å². The lowest BCUT2D eigenvalue weighted by atomic mass is 9.90. The summed E-state index contributed by atoms with van der Waals surface area (Å²) in [6.07, 6.45) is 0.519. The third-order valence-electron chi connectivity index (χ3n) is 2.59. The first-order chi connectivity index (χ1) is 9.42. The maximum absolute atomic E-state index is 11.5. The number of carbonyl (C=O) groups is 3. The number of carboxylic acid groups (broad SMARTS) is 1. The zero-order valence-corrected chi connectivity index (χ0v) is 12.2. The van der Waals surface area contributed by atoms with E-state index in [0.29, 0.717) is 32.7 Å². The number of carbonyl (C=O) groups excluding carboxylic acids is 2. The van der Waals surface area contributed by atoms with Crippen LogP contribution in [0.2, 0.25) is 0 Å². The molecule has 0 aromatic carbocycles. The largest absolute Gasteiger partial charge is 0.481 e. The summed E-state index contributed by atoms with van der Waals surface area (Å²) in [5, 5.41) is 10.5. The minimum atomic E-state index is -0.833. The topological polar surface area (TPSA) is 102 Å². The van der Waals surface area contributed by atoms with E-state index in [0.717, 1.165) is 6.92 Å². The predicted octanol–water partition coefficient (Wildman–Crippen LogP) is 0.429. The molecule has 20 heavy (non-hydrogen) atoms. The molecule has 0 amide bonds. The van der Waals surface area contributed by atoms with Crippen molar-refractivity contribution in [3.8, 4) is 0 Å². The van der Waals surface area contributed by atoms with Crippen molar-refractivity contribution in [1.82, 2.24) is 5.32 Å². The van der Waals surface area contributed by atoms with Gasteiger partial charge in [0, 0.05) is 20.0 Å². The molecule has 0 aliphatic carbocycles. The molecule has 0 bridgehead atoms. The number of hydrogen-bond acceptors (Lipinski definition) is 6. The molecule has 0 aromatic rings. The van der Waals surface area contributed by atoms with Gasteiger partial charge in [-0.1, -0.05) is 0 Å². The Bertz CT molecular complexity index is 303. The smallest absolute Gasteiger partial charge is 0.310 e. The Morgan fingerprint density at radius 2 is 1.40 bits per heavy atom. The van der Waals surface area contributed by atoms with Gasteiger partial charge in [0.1, 0.15) is 0 Å². The molecule has 1 rings (SSSR count). The van der Waals surface area contributed by atoms with Gasteiger partial charge in [-0.2, -0.15) is 0 Å². The number of aliphatic carboxylic acids is 1. The third kappa shape index (κ3) is 7.73. The first-order valence-electron chi connectivity index (χ1n) is 6.65. The molecular weight excluding hydrogens is 266 g/mol. The zero-order valence-electron chi connectivity index (χ0n) is 12.2. The minimum absolute atomic E-state index is 0.232. The quantitative estimate of drug-likeness (QED) is 0.723. The highest BCUT2D eigenvalue weighted by atomic mass is 16.5. The Morgan fingerprint density at radius 1 is 1.05 bits per heavy atom. The van der Waals surface area contributed by atoms with E-state index >= 15 is 0 Å². The lowest BCUT2D eigenvalue weighted by Gasteiger charge is -2.27. The van der Waals surface area contributed by atoms with Gasteiger partial charge in [0.05, 0.1) is 25.0 Å². The van der Waals surface area contributed by atoms with E-state index in [-0.39, 0.29) is 23.8 Å². The van der Waals surface area contributed by atoms with Crippen molar-refractivity contribution in [2.24, 2.45) is 11.8 Å². The van der Waals surface area contributed by atoms with Gasteiger partial charge in [0.15, 0.2) is 0 Å². The average molecular weight is 289 g/mol. The second kappa shape index (κ2) is 10.2. The molecule has 1 saturated heterocycles. The average Bonchev–Trinajstić information content (AvgIpc) is 2.39. The Hall–Kier alpha value is -1.63. The second-order valence-electron chi connectivity index (χ2n) is 4.31. The molecule has 0 radical (unpaired) electrons. The van der Waals surface area contributed by atoms with E-state index < -0.39 is 5.97 Å². The lowest BCUT2D eigenvalue weighted by Crippen LogP contribution is -2.43. The molecule has 2 unspecified atom stereocenters. The highest BCUT2D eigenvalue weighted by molar-refractivity contribution is 5.77. The molecule has 0 spiro atoms. The highest BCUT2D eigenvalue weighted by Gasteiger charge is 2.32. The minimum Gasteiger partial charge on any atom is -0.481 e. The van der Waals surface area contributed by atoms with Gasteiger partial charge in [-0.05, 0) is 20.3 Å². The van der Waals surface area contributed by atoms with Crippen LogP contribution in [0.3, 0.4) is 0 Å². The normalized spacial score (nSPS) is 21.1. The van der Waals surface area contributed by atoms with Gasteiger partial charge in [-0.15, -0.1) is 0 Å². The maximum atomic E-state index is 11.5. The first kappa shape index (κ1) is 18.4. The third-order valence-corrected chi connectivity index (χ3v) is 2.59. The summed E-state index contributed by atoms with van der Waals surface area (Å²) >= 11 is 0. The van der Waals surface area contributed by atoms with E-state index in [1.54, 1.807) is 13.8 Å². The van der Waals surface area contributed by atoms with Crippen LogP contribution in [0.15, 0.2) is 0 Å². The lowest BCUT2D eigenvalue weighted by molar-refractivity contribution is -0.153. The molecule has 7 heteroatoms. The molecule has 0 saturated carbocycles. The molecule has 1 aliphatic rings. The van der Waals surface area contributed by atoms with Gasteiger partial charge >= 0.3 is 11.9 Å². The molecule has 1 aliphatic heterocycles. The van der Waals surface area contributed by atoms with Gasteiger partial charge in [0.2, 0.25) is 0 Å². The fourth-order valence-corrected chi connectivity index (χ4v) is 1.82. The number of hydrogen-bond donors (Lipinski definition) is 2. The Kier molecular flexibility index (Phi) is 9.36. The van der Waals surface area contributed by atoms with Crippen molar-refractivity contribution in [3.05, 3.63) is 0 Å². The Morgan fingerprint density at radius 3 is 1.70 bits per heavy atom. The van der Waals surface area contributed by atoms with E-state index in [1.807, 2.05) is 0 Å². The SMILES string of the molecule is CC(=O)O.CCOC(=O)C1CNCC(C(=O)OCC)C1. The summed E-state index contributed by atoms with van der Waals surface area (Å²) in [4.78, 5) is 32.0. The number of esters is 2. The van der Waals surface area contributed by atoms with Crippen LogP contribution in [0, 0.1) is 11.8 Å². The standard InChI is InChI=1S/C11H19NO4.C2H4O2/c1-3-15-10(13)8-5-9(7-12-6-8)11(14)16-4-2;1-2(3)4/h8-9,12H,3-7H2,1-2H3;1H3,(H,3,4). The van der Waals surface area contributed by atoms with Crippen molar-refractivity contribution in [2.45, 2.75) is 27.2 Å². The summed E-state index contributed by atoms with van der Waals surface area (Å²) in [6.45, 7) is 6.54. The highest BCUT2D eigenvalue weighted by Crippen LogP contribution is 2.19. The van der Waals surface area contributed by atoms with E-state index in [9.17, 15) is 9.59 Å². The molecule has 2 atom stereocenters. The summed E-state index contributed by atoms with van der Waals surface area (Å²) in [6, 6.07) is 0. The zero-order chi connectivity index (χ0) is 15.5. The van der Waals surface area contributed by atoms with E-state index in [4.69, 9.17) is 19.4 Å². The van der Waals surface area contributed by atoms with E-state index in [1.165, 1.54) is 0 Å². The number of nitrogens with one attached hydrogen (secondary N) is 1. The molecule has 2 N–H and O–H groups in total. The number of ether oxygens (including phenoxy) is 2. The van der Waals surface area contributed by atoms with Gasteiger partial charge < -0.3 is 19.9 Å². The fraction of sp³-hybridized carbons (Fsp3) is 0.769. The molecule has 7 nitrogen and oxygen atoms in total. The van der Waals surface area contributed by atoms with Crippen molar-refractivity contribution in [1.29, 1.82) is 0 Å². The number of piperidine rings is 1. The summed E-state index contributed by atoms with van der Waals surface area (Å²) in [5.74, 6) is -1.76. The molecule has 116 valence electrons. The predicted molar refractivity (Wildman–Crippen MR) is 71.0 cm³/mol. The van der Waals surface area contributed by atoms with Gasteiger partial charge in [0.25, 0.3) is 5.97 Å². The molecule has 1 fully saturated rings. The van der Waals surface area contributed by atoms with Gasteiger partial charge in [-0.25, -0.2) is 0 Å².